The van der Waals surface area contributed by atoms with E-state index in [-0.39, 0.29) is 0 Å². The van der Waals surface area contributed by atoms with Crippen LogP contribution in [0.25, 0.3) is 0 Å². The van der Waals surface area contributed by atoms with Crippen LogP contribution in [0.1, 0.15) is 16.5 Å². The highest BCUT2D eigenvalue weighted by atomic mass is 79.9. The van der Waals surface area contributed by atoms with E-state index in [9.17, 15) is 4.39 Å². The molecule has 4 heteroatoms. The molecule has 0 amide bonds. The Balaban J connectivity index is 2.94. The van der Waals surface area contributed by atoms with Gasteiger partial charge >= 0.3 is 0 Å². The maximum atomic E-state index is 12.0. The Morgan fingerprint density at radius 2 is 2.45 bits per heavy atom. The van der Waals surface area contributed by atoms with Gasteiger partial charge < -0.3 is 5.11 Å². The third kappa shape index (κ3) is 1.80. The van der Waals surface area contributed by atoms with Crippen molar-refractivity contribution in [3.63, 3.8) is 0 Å². The second-order valence-electron chi connectivity index (χ2n) is 2.27. The Morgan fingerprint density at radius 1 is 1.82 bits per heavy atom. The minimum atomic E-state index is -0.969. The van der Waals surface area contributed by atoms with Crippen molar-refractivity contribution >= 4 is 27.3 Å². The van der Waals surface area contributed by atoms with Crippen LogP contribution in [0.5, 0.6) is 0 Å². The van der Waals surface area contributed by atoms with Crippen molar-refractivity contribution in [2.24, 2.45) is 0 Å². The molecule has 0 aromatic carbocycles. The highest BCUT2D eigenvalue weighted by molar-refractivity contribution is 9.10. The smallest absolute Gasteiger partial charge is 0.120 e. The molecule has 0 bridgehead atoms. The highest BCUT2D eigenvalue weighted by Gasteiger charge is 2.13. The van der Waals surface area contributed by atoms with Gasteiger partial charge in [0.1, 0.15) is 12.8 Å². The molecule has 0 saturated carbocycles. The van der Waals surface area contributed by atoms with E-state index in [1.54, 1.807) is 0 Å². The van der Waals surface area contributed by atoms with Gasteiger partial charge in [-0.2, -0.15) is 0 Å². The molecule has 0 fully saturated rings. The summed E-state index contributed by atoms with van der Waals surface area (Å²) in [4.78, 5) is 0.671. The standard InChI is InChI=1S/C7H8BrFOS/c1-4-3-11-7(6(4)8)5(10)2-9/h3,5,10H,2H2,1H3. The molecule has 0 aliphatic heterocycles. The Bertz CT molecular complexity index is 249. The molecule has 0 spiro atoms. The predicted octanol–water partition coefficient (Wildman–Crippen LogP) is 2.82. The summed E-state index contributed by atoms with van der Waals surface area (Å²) in [7, 11) is 0. The first-order chi connectivity index (χ1) is 5.16. The number of aliphatic hydroxyl groups excluding tert-OH is 1. The molecule has 0 radical (unpaired) electrons. The van der Waals surface area contributed by atoms with E-state index < -0.39 is 12.8 Å². The minimum absolute atomic E-state index is 0.671. The number of alkyl halides is 1. The largest absolute Gasteiger partial charge is 0.385 e. The zero-order valence-electron chi connectivity index (χ0n) is 5.97. The van der Waals surface area contributed by atoms with Crippen LogP contribution in [0.2, 0.25) is 0 Å². The van der Waals surface area contributed by atoms with Gasteiger partial charge in [0, 0.05) is 4.47 Å². The fourth-order valence-electron chi connectivity index (χ4n) is 0.745. The summed E-state index contributed by atoms with van der Waals surface area (Å²) in [5, 5.41) is 11.0. The first-order valence-corrected chi connectivity index (χ1v) is 4.81. The van der Waals surface area contributed by atoms with E-state index in [1.807, 2.05) is 12.3 Å². The number of thiophene rings is 1. The fourth-order valence-corrected chi connectivity index (χ4v) is 2.46. The summed E-state index contributed by atoms with van der Waals surface area (Å²) in [6.45, 7) is 1.19. The Labute approximate surface area is 77.0 Å². The van der Waals surface area contributed by atoms with E-state index >= 15 is 0 Å². The summed E-state index contributed by atoms with van der Waals surface area (Å²) in [5.41, 5.74) is 1.04. The summed E-state index contributed by atoms with van der Waals surface area (Å²) >= 11 is 4.65. The van der Waals surface area contributed by atoms with Gasteiger partial charge in [-0.15, -0.1) is 11.3 Å². The summed E-state index contributed by atoms with van der Waals surface area (Å²) in [6, 6.07) is 0. The van der Waals surface area contributed by atoms with E-state index in [4.69, 9.17) is 5.11 Å². The van der Waals surface area contributed by atoms with Gasteiger partial charge in [0.2, 0.25) is 0 Å². The van der Waals surface area contributed by atoms with Crippen molar-refractivity contribution in [1.82, 2.24) is 0 Å². The number of halogens is 2. The number of hydrogen-bond donors (Lipinski definition) is 1. The van der Waals surface area contributed by atoms with Crippen molar-refractivity contribution in [1.29, 1.82) is 0 Å². The van der Waals surface area contributed by atoms with Crippen LogP contribution in [-0.4, -0.2) is 11.8 Å². The normalized spacial score (nSPS) is 13.5. The third-order valence-electron chi connectivity index (χ3n) is 1.37. The lowest BCUT2D eigenvalue weighted by molar-refractivity contribution is 0.144. The summed E-state index contributed by atoms with van der Waals surface area (Å²) < 4.78 is 12.8. The second-order valence-corrected chi connectivity index (χ2v) is 3.97. The molecule has 1 N–H and O–H groups in total. The molecule has 1 aromatic rings. The number of aryl methyl sites for hydroxylation is 1. The Morgan fingerprint density at radius 3 is 2.82 bits per heavy atom. The van der Waals surface area contributed by atoms with Gasteiger partial charge in [-0.25, -0.2) is 4.39 Å². The van der Waals surface area contributed by atoms with Crippen molar-refractivity contribution in [3.8, 4) is 0 Å². The second kappa shape index (κ2) is 3.65. The Kier molecular flexibility index (Phi) is 3.04. The summed E-state index contributed by atoms with van der Waals surface area (Å²) in [5.74, 6) is 0. The lowest BCUT2D eigenvalue weighted by Crippen LogP contribution is -1.96. The van der Waals surface area contributed by atoms with Crippen molar-refractivity contribution in [3.05, 3.63) is 20.3 Å². The molecule has 0 aliphatic carbocycles. The van der Waals surface area contributed by atoms with E-state index in [0.29, 0.717) is 4.88 Å². The first kappa shape index (κ1) is 9.16. The van der Waals surface area contributed by atoms with Crippen LogP contribution in [0, 0.1) is 6.92 Å². The van der Waals surface area contributed by atoms with E-state index in [0.717, 1.165) is 10.0 Å². The minimum Gasteiger partial charge on any atom is -0.385 e. The van der Waals surface area contributed by atoms with E-state index in [2.05, 4.69) is 15.9 Å². The lowest BCUT2D eigenvalue weighted by Gasteiger charge is -2.02. The number of rotatable bonds is 2. The molecule has 0 aliphatic rings. The predicted molar refractivity (Wildman–Crippen MR) is 47.7 cm³/mol. The van der Waals surface area contributed by atoms with E-state index in [1.165, 1.54) is 11.3 Å². The van der Waals surface area contributed by atoms with Gasteiger partial charge in [0.05, 0.1) is 4.88 Å². The third-order valence-corrected chi connectivity index (χ3v) is 3.89. The maximum Gasteiger partial charge on any atom is 0.120 e. The quantitative estimate of drug-likeness (QED) is 0.841. The molecular formula is C7H8BrFOS. The molecule has 1 nitrogen and oxygen atoms in total. The lowest BCUT2D eigenvalue weighted by atomic mass is 10.3. The SMILES string of the molecule is Cc1csc(C(O)CF)c1Br. The zero-order valence-corrected chi connectivity index (χ0v) is 8.38. The van der Waals surface area contributed by atoms with Crippen LogP contribution >= 0.6 is 27.3 Å². The average molecular weight is 239 g/mol. The van der Waals surface area contributed by atoms with Crippen LogP contribution in [0.15, 0.2) is 9.85 Å². The van der Waals surface area contributed by atoms with Crippen molar-refractivity contribution < 1.29 is 9.50 Å². The van der Waals surface area contributed by atoms with Crippen LogP contribution in [0.4, 0.5) is 4.39 Å². The molecule has 1 unspecified atom stereocenters. The van der Waals surface area contributed by atoms with Gasteiger partial charge in [0.15, 0.2) is 0 Å². The molecule has 1 aromatic heterocycles. The molecule has 0 saturated heterocycles. The monoisotopic (exact) mass is 238 g/mol. The number of aliphatic hydroxyl groups is 1. The summed E-state index contributed by atoms with van der Waals surface area (Å²) in [6.07, 6.45) is -0.969. The average Bonchev–Trinajstić information content (AvgIpc) is 2.32. The van der Waals surface area contributed by atoms with Gasteiger partial charge in [-0.3, -0.25) is 0 Å². The zero-order chi connectivity index (χ0) is 8.43. The Hall–Kier alpha value is 0.0700. The van der Waals surface area contributed by atoms with Crippen LogP contribution in [-0.2, 0) is 0 Å². The topological polar surface area (TPSA) is 20.2 Å². The van der Waals surface area contributed by atoms with Gasteiger partial charge in [-0.05, 0) is 33.8 Å². The molecule has 1 rings (SSSR count). The fraction of sp³-hybridized carbons (Fsp3) is 0.429. The molecule has 1 heterocycles. The first-order valence-electron chi connectivity index (χ1n) is 3.14. The molecule has 62 valence electrons. The van der Waals surface area contributed by atoms with Crippen LogP contribution in [0.3, 0.4) is 0 Å². The number of hydrogen-bond acceptors (Lipinski definition) is 2. The van der Waals surface area contributed by atoms with Gasteiger partial charge in [-0.1, -0.05) is 0 Å². The van der Waals surface area contributed by atoms with Crippen molar-refractivity contribution in [2.45, 2.75) is 13.0 Å². The molecule has 1 atom stereocenters. The highest BCUT2D eigenvalue weighted by Crippen LogP contribution is 2.32. The molecule has 11 heavy (non-hydrogen) atoms. The van der Waals surface area contributed by atoms with Gasteiger partial charge in [0.25, 0.3) is 0 Å². The van der Waals surface area contributed by atoms with Crippen molar-refractivity contribution in [2.75, 3.05) is 6.67 Å². The maximum absolute atomic E-state index is 12.0. The van der Waals surface area contributed by atoms with Crippen LogP contribution < -0.4 is 0 Å². The molecular weight excluding hydrogens is 231 g/mol.